The van der Waals surface area contributed by atoms with E-state index in [-0.39, 0.29) is 17.3 Å². The third-order valence-electron chi connectivity index (χ3n) is 3.85. The van der Waals surface area contributed by atoms with E-state index in [0.717, 1.165) is 38.3 Å². The lowest BCUT2D eigenvalue weighted by atomic mass is 10.1. The molecule has 138 valence electrons. The van der Waals surface area contributed by atoms with Crippen molar-refractivity contribution in [3.05, 3.63) is 30.1 Å². The van der Waals surface area contributed by atoms with Crippen LogP contribution in [-0.4, -0.2) is 59.1 Å². The minimum absolute atomic E-state index is 0.0490. The van der Waals surface area contributed by atoms with Crippen molar-refractivity contribution < 1.29 is 9.18 Å². The van der Waals surface area contributed by atoms with E-state index in [9.17, 15) is 9.18 Å². The van der Waals surface area contributed by atoms with Gasteiger partial charge in [-0.25, -0.2) is 4.39 Å². The summed E-state index contributed by atoms with van der Waals surface area (Å²) in [6.45, 7) is 9.59. The Balaban J connectivity index is 1.83. The Morgan fingerprint density at radius 1 is 1.16 bits per heavy atom. The molecule has 0 saturated carbocycles. The summed E-state index contributed by atoms with van der Waals surface area (Å²) < 4.78 is 13.0. The highest BCUT2D eigenvalue weighted by molar-refractivity contribution is 7.80. The molecule has 1 aromatic rings. The Bertz CT molecular complexity index is 600. The normalized spacial score (nSPS) is 16.2. The highest BCUT2D eigenvalue weighted by Crippen LogP contribution is 2.11. The predicted octanol–water partition coefficient (Wildman–Crippen LogP) is 2.44. The summed E-state index contributed by atoms with van der Waals surface area (Å²) in [5.74, 6) is -0.219. The Hall–Kier alpha value is -1.73. The number of benzene rings is 1. The number of carbonyl (C=O) groups is 1. The molecule has 0 unspecified atom stereocenters. The third-order valence-corrected chi connectivity index (χ3v) is 4.21. The van der Waals surface area contributed by atoms with Crippen LogP contribution in [0, 0.1) is 5.82 Å². The lowest BCUT2D eigenvalue weighted by Crippen LogP contribution is -2.46. The molecular formula is C18H27FN4OS. The molecular weight excluding hydrogens is 339 g/mol. The quantitative estimate of drug-likeness (QED) is 0.805. The largest absolute Gasteiger partial charge is 0.350 e. The summed E-state index contributed by atoms with van der Waals surface area (Å²) in [5.41, 5.74) is 0.562. The zero-order valence-electron chi connectivity index (χ0n) is 15.1. The van der Waals surface area contributed by atoms with Gasteiger partial charge in [0.1, 0.15) is 5.82 Å². The van der Waals surface area contributed by atoms with Gasteiger partial charge in [-0.3, -0.25) is 9.69 Å². The average molecular weight is 367 g/mol. The van der Waals surface area contributed by atoms with Crippen molar-refractivity contribution in [2.45, 2.75) is 32.7 Å². The van der Waals surface area contributed by atoms with Crippen LogP contribution in [0.1, 0.15) is 27.2 Å². The van der Waals surface area contributed by atoms with E-state index in [2.05, 4.69) is 20.4 Å². The van der Waals surface area contributed by atoms with E-state index in [0.29, 0.717) is 11.7 Å². The van der Waals surface area contributed by atoms with Gasteiger partial charge in [0.25, 0.3) is 0 Å². The third kappa shape index (κ3) is 6.96. The summed E-state index contributed by atoms with van der Waals surface area (Å²) in [6.07, 6.45) is 0.939. The monoisotopic (exact) mass is 366 g/mol. The fraction of sp³-hybridized carbons (Fsp3) is 0.556. The van der Waals surface area contributed by atoms with Crippen molar-refractivity contribution in [3.8, 4) is 0 Å². The van der Waals surface area contributed by atoms with E-state index >= 15 is 0 Å². The minimum Gasteiger partial charge on any atom is -0.350 e. The van der Waals surface area contributed by atoms with Crippen LogP contribution >= 0.6 is 12.2 Å². The van der Waals surface area contributed by atoms with Gasteiger partial charge in [0.05, 0.1) is 6.54 Å². The Morgan fingerprint density at radius 3 is 2.48 bits per heavy atom. The first-order chi connectivity index (χ1) is 11.7. The molecule has 1 fully saturated rings. The van der Waals surface area contributed by atoms with Gasteiger partial charge in [-0.05, 0) is 63.7 Å². The van der Waals surface area contributed by atoms with Crippen molar-refractivity contribution in [1.29, 1.82) is 0 Å². The maximum absolute atomic E-state index is 13.0. The van der Waals surface area contributed by atoms with Gasteiger partial charge in [-0.15, -0.1) is 0 Å². The number of nitrogens with one attached hydrogen (secondary N) is 2. The van der Waals surface area contributed by atoms with Crippen LogP contribution in [0.15, 0.2) is 24.3 Å². The predicted molar refractivity (Wildman–Crippen MR) is 103 cm³/mol. The lowest BCUT2D eigenvalue weighted by Gasteiger charge is -2.26. The van der Waals surface area contributed by atoms with Crippen molar-refractivity contribution in [1.82, 2.24) is 15.1 Å². The number of hydrogen-bond donors (Lipinski definition) is 2. The van der Waals surface area contributed by atoms with Crippen LogP contribution < -0.4 is 10.6 Å². The van der Waals surface area contributed by atoms with Crippen LogP contribution in [0.25, 0.3) is 0 Å². The molecule has 0 aliphatic carbocycles. The van der Waals surface area contributed by atoms with Crippen molar-refractivity contribution in [3.63, 3.8) is 0 Å². The smallest absolute Gasteiger partial charge is 0.234 e. The zero-order chi connectivity index (χ0) is 18.4. The number of thiocarbonyl (C=S) groups is 1. The van der Waals surface area contributed by atoms with Gasteiger partial charge in [0.2, 0.25) is 5.91 Å². The average Bonchev–Trinajstić information content (AvgIpc) is 2.73. The van der Waals surface area contributed by atoms with E-state index in [1.807, 2.05) is 20.8 Å². The molecule has 0 spiro atoms. The number of rotatable bonds is 3. The molecule has 2 rings (SSSR count). The van der Waals surface area contributed by atoms with Crippen LogP contribution in [0.3, 0.4) is 0 Å². The Morgan fingerprint density at radius 2 is 1.84 bits per heavy atom. The van der Waals surface area contributed by atoms with E-state index in [4.69, 9.17) is 12.2 Å². The summed E-state index contributed by atoms with van der Waals surface area (Å²) in [7, 11) is 0. The van der Waals surface area contributed by atoms with Crippen LogP contribution in [0.2, 0.25) is 0 Å². The van der Waals surface area contributed by atoms with Gasteiger partial charge in [-0.1, -0.05) is 0 Å². The number of carbonyl (C=O) groups excluding carboxylic acids is 1. The summed E-state index contributed by atoms with van der Waals surface area (Å²) in [6, 6.07) is 6.15. The van der Waals surface area contributed by atoms with Crippen LogP contribution in [0.4, 0.5) is 10.1 Å². The first kappa shape index (κ1) is 19.6. The molecule has 5 nitrogen and oxygen atoms in total. The molecule has 0 radical (unpaired) electrons. The first-order valence-corrected chi connectivity index (χ1v) is 8.99. The molecule has 1 aliphatic rings. The second kappa shape index (κ2) is 8.58. The van der Waals surface area contributed by atoms with Gasteiger partial charge >= 0.3 is 0 Å². The Labute approximate surface area is 154 Å². The molecule has 1 amide bonds. The zero-order valence-corrected chi connectivity index (χ0v) is 16.0. The van der Waals surface area contributed by atoms with Gasteiger partial charge < -0.3 is 15.5 Å². The number of amides is 1. The number of hydrogen-bond acceptors (Lipinski definition) is 3. The second-order valence-electron chi connectivity index (χ2n) is 7.35. The maximum Gasteiger partial charge on any atom is 0.234 e. The number of nitrogens with zero attached hydrogens (tertiary/aromatic N) is 2. The fourth-order valence-electron chi connectivity index (χ4n) is 2.73. The molecule has 1 heterocycles. The number of halogens is 1. The molecule has 2 N–H and O–H groups in total. The topological polar surface area (TPSA) is 47.6 Å². The van der Waals surface area contributed by atoms with Gasteiger partial charge in [-0.2, -0.15) is 0 Å². The molecule has 0 bridgehead atoms. The van der Waals surface area contributed by atoms with E-state index in [1.54, 1.807) is 12.1 Å². The van der Waals surface area contributed by atoms with Gasteiger partial charge in [0, 0.05) is 37.4 Å². The molecule has 0 aromatic heterocycles. The SMILES string of the molecule is CC(C)(C)NC(=O)CN1CCCN(C(=S)Nc2ccc(F)cc2)CC1. The first-order valence-electron chi connectivity index (χ1n) is 8.58. The van der Waals surface area contributed by atoms with Crippen LogP contribution in [-0.2, 0) is 4.79 Å². The van der Waals surface area contributed by atoms with Crippen LogP contribution in [0.5, 0.6) is 0 Å². The van der Waals surface area contributed by atoms with Crippen molar-refractivity contribution in [2.75, 3.05) is 38.0 Å². The molecule has 1 aromatic carbocycles. The molecule has 25 heavy (non-hydrogen) atoms. The van der Waals surface area contributed by atoms with E-state index in [1.165, 1.54) is 12.1 Å². The minimum atomic E-state index is -0.268. The summed E-state index contributed by atoms with van der Waals surface area (Å²) in [4.78, 5) is 16.3. The lowest BCUT2D eigenvalue weighted by molar-refractivity contribution is -0.123. The maximum atomic E-state index is 13.0. The molecule has 0 atom stereocenters. The van der Waals surface area contributed by atoms with Crippen molar-refractivity contribution >= 4 is 28.9 Å². The number of anilines is 1. The van der Waals surface area contributed by atoms with E-state index < -0.39 is 0 Å². The standard InChI is InChI=1S/C18H27FN4OS/c1-18(2,3)21-16(24)13-22-9-4-10-23(12-11-22)17(25)20-15-7-5-14(19)6-8-15/h5-8H,4,9-13H2,1-3H3,(H,20,25)(H,21,24). The molecule has 1 aliphatic heterocycles. The second-order valence-corrected chi connectivity index (χ2v) is 7.74. The highest BCUT2D eigenvalue weighted by Gasteiger charge is 2.20. The van der Waals surface area contributed by atoms with Crippen molar-refractivity contribution in [2.24, 2.45) is 0 Å². The molecule has 7 heteroatoms. The Kier molecular flexibility index (Phi) is 6.72. The fourth-order valence-corrected chi connectivity index (χ4v) is 3.03. The highest BCUT2D eigenvalue weighted by atomic mass is 32.1. The van der Waals surface area contributed by atoms with Gasteiger partial charge in [0.15, 0.2) is 5.11 Å². The summed E-state index contributed by atoms with van der Waals surface area (Å²) >= 11 is 5.47. The summed E-state index contributed by atoms with van der Waals surface area (Å²) in [5, 5.41) is 6.77. The molecule has 1 saturated heterocycles.